The number of piperidine rings is 4. The van der Waals surface area contributed by atoms with E-state index in [-0.39, 0.29) is 29.8 Å². The van der Waals surface area contributed by atoms with Crippen LogP contribution in [0, 0.1) is 0 Å². The summed E-state index contributed by atoms with van der Waals surface area (Å²) < 4.78 is 7.09. The van der Waals surface area contributed by atoms with Crippen LogP contribution in [0.4, 0.5) is 0 Å². The first-order chi connectivity index (χ1) is 20.7. The van der Waals surface area contributed by atoms with Crippen molar-refractivity contribution < 1.29 is 26.4 Å². The first kappa shape index (κ1) is 33.1. The second kappa shape index (κ2) is 13.6. The number of ether oxygens (including phenoxy) is 1. The van der Waals surface area contributed by atoms with Gasteiger partial charge in [-0.25, -0.2) is 0 Å². The Kier molecular flexibility index (Phi) is 10.3. The number of fused-ring (bicyclic) bond motifs is 3. The average Bonchev–Trinajstić information content (AvgIpc) is 3.03. The molecule has 4 aliphatic rings. The number of rotatable bonds is 9. The zero-order valence-electron chi connectivity index (χ0n) is 26.0. The summed E-state index contributed by atoms with van der Waals surface area (Å²) in [5.41, 5.74) is 3.97. The van der Waals surface area contributed by atoms with E-state index >= 15 is 0 Å². The van der Waals surface area contributed by atoms with E-state index in [0.717, 1.165) is 50.2 Å². The van der Waals surface area contributed by atoms with E-state index in [1.54, 1.807) is 0 Å². The Balaban J connectivity index is 0.00000384. The van der Waals surface area contributed by atoms with Crippen molar-refractivity contribution in [2.75, 3.05) is 39.3 Å². The molecule has 0 radical (unpaired) electrons. The molecule has 44 heavy (non-hydrogen) atoms. The molecule has 4 aliphatic heterocycles. The van der Waals surface area contributed by atoms with Crippen LogP contribution in [0.25, 0.3) is 0 Å². The van der Waals surface area contributed by atoms with E-state index in [2.05, 4.69) is 47.4 Å². The van der Waals surface area contributed by atoms with Crippen LogP contribution in [0.5, 0.6) is 5.75 Å². The number of benzene rings is 3. The Morgan fingerprint density at radius 3 is 2.30 bits per heavy atom. The van der Waals surface area contributed by atoms with Gasteiger partial charge in [-0.1, -0.05) is 71.7 Å². The lowest BCUT2D eigenvalue weighted by atomic mass is 9.65. The van der Waals surface area contributed by atoms with E-state index in [9.17, 15) is 4.79 Å². The summed E-state index contributed by atoms with van der Waals surface area (Å²) in [6.07, 6.45) is 7.36. The summed E-state index contributed by atoms with van der Waals surface area (Å²) in [6, 6.07) is 25.3. The van der Waals surface area contributed by atoms with Gasteiger partial charge in [-0.2, -0.15) is 0 Å². The van der Waals surface area contributed by atoms with Crippen LogP contribution in [0.1, 0.15) is 69.1 Å². The van der Waals surface area contributed by atoms with Gasteiger partial charge in [-0.3, -0.25) is 4.79 Å². The third-order valence-corrected chi connectivity index (χ3v) is 11.5. The number of carbonyl (C=O) groups is 1. The zero-order chi connectivity index (χ0) is 30.1. The normalized spacial score (nSPS) is 26.3. The third kappa shape index (κ3) is 6.94. The fourth-order valence-electron chi connectivity index (χ4n) is 8.12. The van der Waals surface area contributed by atoms with Gasteiger partial charge in [-0.15, -0.1) is 0 Å². The number of carbonyl (C=O) groups excluding carboxylic acids is 1. The molecule has 0 saturated carbocycles. The number of quaternary nitrogens is 1. The summed E-state index contributed by atoms with van der Waals surface area (Å²) in [5.74, 6) is 0.999. The SMILES string of the molecule is CC(C)Oc1cccc(CC(=O)N2CCCC(CC[N+]34CCC(c5ccccc5)(CC3)CC4)(c3ccc(Cl)c(Cl)c3)C2)c1.[Cl-]. The van der Waals surface area contributed by atoms with Crippen LogP contribution < -0.4 is 17.1 Å². The molecule has 4 nitrogen and oxygen atoms in total. The zero-order valence-corrected chi connectivity index (χ0v) is 28.3. The highest BCUT2D eigenvalue weighted by Crippen LogP contribution is 2.48. The van der Waals surface area contributed by atoms with Gasteiger partial charge in [0, 0.05) is 49.6 Å². The van der Waals surface area contributed by atoms with Gasteiger partial charge in [-0.05, 0) is 67.6 Å². The van der Waals surface area contributed by atoms with E-state index in [1.165, 1.54) is 54.5 Å². The molecule has 0 aliphatic carbocycles. The highest BCUT2D eigenvalue weighted by atomic mass is 35.5. The molecule has 1 amide bonds. The Morgan fingerprint density at radius 1 is 0.886 bits per heavy atom. The summed E-state index contributed by atoms with van der Waals surface area (Å²) in [5, 5.41) is 1.18. The number of likely N-dealkylation sites (tertiary alicyclic amines) is 1. The Bertz CT molecular complexity index is 1420. The third-order valence-electron chi connectivity index (χ3n) is 10.7. The Labute approximate surface area is 279 Å². The van der Waals surface area contributed by atoms with Gasteiger partial charge >= 0.3 is 0 Å². The minimum atomic E-state index is -0.136. The summed E-state index contributed by atoms with van der Waals surface area (Å²) >= 11 is 13.0. The predicted molar refractivity (Wildman–Crippen MR) is 176 cm³/mol. The molecule has 4 fully saturated rings. The molecule has 0 aromatic heterocycles. The molecule has 7 rings (SSSR count). The van der Waals surface area contributed by atoms with Crippen molar-refractivity contribution in [1.29, 1.82) is 0 Å². The van der Waals surface area contributed by atoms with Crippen molar-refractivity contribution in [2.24, 2.45) is 0 Å². The van der Waals surface area contributed by atoms with E-state index in [4.69, 9.17) is 27.9 Å². The highest BCUT2D eigenvalue weighted by molar-refractivity contribution is 6.42. The van der Waals surface area contributed by atoms with Crippen LogP contribution in [0.2, 0.25) is 10.0 Å². The molecule has 4 heterocycles. The minimum absolute atomic E-state index is 0. The molecule has 0 N–H and O–H groups in total. The maximum Gasteiger partial charge on any atom is 0.227 e. The molecule has 3 aromatic rings. The lowest BCUT2D eigenvalue weighted by Gasteiger charge is -2.56. The van der Waals surface area contributed by atoms with Gasteiger partial charge in [0.1, 0.15) is 5.75 Å². The quantitative estimate of drug-likeness (QED) is 0.296. The second-order valence-corrected chi connectivity index (χ2v) is 14.5. The molecular weight excluding hydrogens is 611 g/mol. The number of hydrogen-bond donors (Lipinski definition) is 0. The van der Waals surface area contributed by atoms with Crippen LogP contribution in [0.3, 0.4) is 0 Å². The smallest absolute Gasteiger partial charge is 0.227 e. The molecule has 236 valence electrons. The van der Waals surface area contributed by atoms with Gasteiger partial charge in [0.2, 0.25) is 5.91 Å². The van der Waals surface area contributed by atoms with Crippen LogP contribution in [-0.4, -0.2) is 60.7 Å². The second-order valence-electron chi connectivity index (χ2n) is 13.7. The van der Waals surface area contributed by atoms with Crippen LogP contribution in [-0.2, 0) is 22.0 Å². The lowest BCUT2D eigenvalue weighted by molar-refractivity contribution is -0.944. The summed E-state index contributed by atoms with van der Waals surface area (Å²) in [7, 11) is 0. The molecule has 1 unspecified atom stereocenters. The maximum absolute atomic E-state index is 13.8. The van der Waals surface area contributed by atoms with E-state index < -0.39 is 0 Å². The fourth-order valence-corrected chi connectivity index (χ4v) is 8.42. The van der Waals surface area contributed by atoms with Crippen LogP contribution in [0.15, 0.2) is 72.8 Å². The highest BCUT2D eigenvalue weighted by Gasteiger charge is 2.51. The standard InChI is InChI=1S/C37H45Cl2N2O2.ClH/c1-28(2)43-32-11-6-8-29(24-32)25-35(42)40-19-7-14-37(27-40,31-12-13-33(38)34(39)26-31)18-23-41-20-15-36(16-21-41,17-22-41)30-9-4-3-5-10-30;/h3-6,8-13,24,26,28H,7,14-23,25,27H2,1-2H3;1H/q+1;/p-1. The number of amides is 1. The largest absolute Gasteiger partial charge is 1.00 e. The molecule has 2 bridgehead atoms. The Morgan fingerprint density at radius 2 is 1.61 bits per heavy atom. The monoisotopic (exact) mass is 654 g/mol. The number of nitrogens with zero attached hydrogens (tertiary/aromatic N) is 2. The van der Waals surface area contributed by atoms with Crippen molar-refractivity contribution in [1.82, 2.24) is 4.90 Å². The molecule has 1 atom stereocenters. The molecule has 7 heteroatoms. The van der Waals surface area contributed by atoms with Gasteiger partial charge in [0.05, 0.1) is 48.7 Å². The molecule has 4 saturated heterocycles. The van der Waals surface area contributed by atoms with Gasteiger partial charge in [0.25, 0.3) is 0 Å². The van der Waals surface area contributed by atoms with Crippen molar-refractivity contribution in [3.05, 3.63) is 99.5 Å². The van der Waals surface area contributed by atoms with Crippen molar-refractivity contribution in [3.63, 3.8) is 0 Å². The topological polar surface area (TPSA) is 29.5 Å². The van der Waals surface area contributed by atoms with Crippen LogP contribution >= 0.6 is 23.2 Å². The molecule has 0 spiro atoms. The maximum atomic E-state index is 13.8. The van der Waals surface area contributed by atoms with Crippen molar-refractivity contribution >= 4 is 29.1 Å². The number of hydrogen-bond acceptors (Lipinski definition) is 2. The first-order valence-electron chi connectivity index (χ1n) is 16.1. The summed E-state index contributed by atoms with van der Waals surface area (Å²) in [4.78, 5) is 15.9. The van der Waals surface area contributed by atoms with Gasteiger partial charge in [0.15, 0.2) is 0 Å². The van der Waals surface area contributed by atoms with Gasteiger partial charge < -0.3 is 26.5 Å². The lowest BCUT2D eigenvalue weighted by Crippen LogP contribution is -3.00. The molecular formula is C37H45Cl3N2O2. The van der Waals surface area contributed by atoms with E-state index in [1.807, 2.05) is 44.2 Å². The predicted octanol–water partition coefficient (Wildman–Crippen LogP) is 5.23. The average molecular weight is 656 g/mol. The van der Waals surface area contributed by atoms with Crippen molar-refractivity contribution in [2.45, 2.75) is 75.7 Å². The van der Waals surface area contributed by atoms with E-state index in [0.29, 0.717) is 21.9 Å². The fraction of sp³-hybridized carbons (Fsp3) is 0.486. The first-order valence-corrected chi connectivity index (χ1v) is 16.9. The van der Waals surface area contributed by atoms with Crippen molar-refractivity contribution in [3.8, 4) is 5.75 Å². The Hall–Kier alpha value is -2.24. The minimum Gasteiger partial charge on any atom is -1.00 e. The molecule has 3 aromatic carbocycles. The number of halogens is 3. The summed E-state index contributed by atoms with van der Waals surface area (Å²) in [6.45, 7) is 10.4.